The molecule has 10 nitrogen and oxygen atoms in total. The van der Waals surface area contributed by atoms with Crippen LogP contribution in [0.2, 0.25) is 0 Å². The standard InChI is InChI=1S/C17H7N3O7/c21-6-9-11(20-26)4-15-16(17(9)24)13(23)5-14(27-15)8-1-2-10(19-25)12(3-8)18-7-22/h1-6,24H. The number of fused-ring (bicyclic) bond motifs is 1. The van der Waals surface area contributed by atoms with Crippen molar-refractivity contribution in [3.05, 3.63) is 55.9 Å². The number of aldehydes is 1. The Morgan fingerprint density at radius 2 is 1.78 bits per heavy atom. The molecule has 132 valence electrons. The van der Waals surface area contributed by atoms with Crippen molar-refractivity contribution in [2.24, 2.45) is 15.3 Å². The Morgan fingerprint density at radius 3 is 2.41 bits per heavy atom. The molecule has 0 amide bonds. The number of hydrogen-bond donors (Lipinski definition) is 1. The highest BCUT2D eigenvalue weighted by atomic mass is 16.3. The molecule has 1 N–H and O–H groups in total. The third-order valence-electron chi connectivity index (χ3n) is 3.75. The van der Waals surface area contributed by atoms with Crippen molar-refractivity contribution in [3.8, 4) is 17.1 Å². The Morgan fingerprint density at radius 1 is 1.04 bits per heavy atom. The summed E-state index contributed by atoms with van der Waals surface area (Å²) in [6.07, 6.45) is 1.49. The number of aliphatic imine (C=N–C) groups is 1. The zero-order chi connectivity index (χ0) is 19.6. The fourth-order valence-corrected chi connectivity index (χ4v) is 2.53. The van der Waals surface area contributed by atoms with E-state index in [0.717, 1.165) is 12.1 Å². The number of nitrogens with zero attached hydrogens (tertiary/aromatic N) is 3. The Labute approximate surface area is 148 Å². The molecule has 0 atom stereocenters. The van der Waals surface area contributed by atoms with Crippen molar-refractivity contribution in [2.75, 3.05) is 0 Å². The molecular formula is C17H7N3O7. The van der Waals surface area contributed by atoms with Gasteiger partial charge in [0.2, 0.25) is 6.08 Å². The third-order valence-corrected chi connectivity index (χ3v) is 3.75. The quantitative estimate of drug-likeness (QED) is 0.312. The molecule has 27 heavy (non-hydrogen) atoms. The van der Waals surface area contributed by atoms with E-state index in [-0.39, 0.29) is 40.0 Å². The minimum absolute atomic E-state index is 0.0117. The van der Waals surface area contributed by atoms with Crippen molar-refractivity contribution in [1.29, 1.82) is 0 Å². The number of isocyanates is 1. The van der Waals surface area contributed by atoms with Crippen molar-refractivity contribution >= 4 is 40.4 Å². The van der Waals surface area contributed by atoms with E-state index in [9.17, 15) is 29.3 Å². The molecule has 0 aliphatic heterocycles. The van der Waals surface area contributed by atoms with E-state index in [2.05, 4.69) is 15.3 Å². The predicted octanol–water partition coefficient (Wildman–Crippen LogP) is 3.74. The average Bonchev–Trinajstić information content (AvgIpc) is 2.67. The number of benzene rings is 2. The van der Waals surface area contributed by atoms with Crippen LogP contribution in [0.15, 0.2) is 54.9 Å². The van der Waals surface area contributed by atoms with Gasteiger partial charge in [-0.05, 0) is 28.6 Å². The fraction of sp³-hybridized carbons (Fsp3) is 0. The van der Waals surface area contributed by atoms with E-state index in [4.69, 9.17) is 4.42 Å². The van der Waals surface area contributed by atoms with Crippen LogP contribution in [0.25, 0.3) is 22.3 Å². The van der Waals surface area contributed by atoms with Gasteiger partial charge in [0.05, 0.1) is 5.56 Å². The number of aromatic hydroxyl groups is 1. The Balaban J connectivity index is 2.32. The first-order chi connectivity index (χ1) is 13.0. The lowest BCUT2D eigenvalue weighted by Gasteiger charge is -2.07. The van der Waals surface area contributed by atoms with Crippen LogP contribution in [-0.2, 0) is 4.79 Å². The molecule has 0 aliphatic rings. The molecule has 0 fully saturated rings. The van der Waals surface area contributed by atoms with Gasteiger partial charge >= 0.3 is 0 Å². The lowest BCUT2D eigenvalue weighted by atomic mass is 10.1. The lowest BCUT2D eigenvalue weighted by molar-refractivity contribution is 0.112. The summed E-state index contributed by atoms with van der Waals surface area (Å²) in [5.41, 5.74) is -1.66. The molecule has 1 aromatic heterocycles. The summed E-state index contributed by atoms with van der Waals surface area (Å²) < 4.78 is 5.53. The average molecular weight is 365 g/mol. The van der Waals surface area contributed by atoms with E-state index < -0.39 is 22.4 Å². The number of rotatable bonds is 5. The number of phenols is 1. The molecule has 1 heterocycles. The van der Waals surface area contributed by atoms with Crippen LogP contribution in [0.4, 0.5) is 17.1 Å². The van der Waals surface area contributed by atoms with E-state index in [1.165, 1.54) is 24.3 Å². The smallest absolute Gasteiger partial charge is 0.240 e. The Kier molecular flexibility index (Phi) is 4.48. The van der Waals surface area contributed by atoms with Gasteiger partial charge in [-0.2, -0.15) is 4.99 Å². The normalized spacial score (nSPS) is 10.2. The third kappa shape index (κ3) is 2.92. The highest BCUT2D eigenvalue weighted by Gasteiger charge is 2.19. The van der Waals surface area contributed by atoms with Gasteiger partial charge in [0.15, 0.2) is 11.7 Å². The van der Waals surface area contributed by atoms with Gasteiger partial charge in [-0.1, -0.05) is 0 Å². The largest absolute Gasteiger partial charge is 0.506 e. The molecule has 3 aromatic rings. The Hall–Kier alpha value is -4.30. The van der Waals surface area contributed by atoms with Gasteiger partial charge in [-0.15, -0.1) is 9.81 Å². The zero-order valence-electron chi connectivity index (χ0n) is 13.2. The summed E-state index contributed by atoms with van der Waals surface area (Å²) in [4.78, 5) is 58.9. The maximum absolute atomic E-state index is 12.4. The Bertz CT molecular complexity index is 1220. The first-order valence-corrected chi connectivity index (χ1v) is 7.22. The SMILES string of the molecule is O=C=Nc1cc(-c2cc(=O)c3c(O)c(C=O)c(N=O)cc3o2)ccc1N=O. The second-order valence-corrected chi connectivity index (χ2v) is 5.21. The molecule has 10 heteroatoms. The van der Waals surface area contributed by atoms with E-state index in [0.29, 0.717) is 0 Å². The second-order valence-electron chi connectivity index (χ2n) is 5.21. The van der Waals surface area contributed by atoms with E-state index in [1.54, 1.807) is 0 Å². The van der Waals surface area contributed by atoms with Crippen molar-refractivity contribution in [1.82, 2.24) is 0 Å². The van der Waals surface area contributed by atoms with Crippen LogP contribution in [-0.4, -0.2) is 17.5 Å². The number of carbonyl (C=O) groups is 1. The summed E-state index contributed by atoms with van der Waals surface area (Å²) in [7, 11) is 0. The molecule has 2 aromatic carbocycles. The highest BCUT2D eigenvalue weighted by Crippen LogP contribution is 2.37. The maximum Gasteiger partial charge on any atom is 0.240 e. The first-order valence-electron chi connectivity index (χ1n) is 7.22. The van der Waals surface area contributed by atoms with Crippen LogP contribution in [0, 0.1) is 9.81 Å². The molecule has 0 unspecified atom stereocenters. The molecule has 3 rings (SSSR count). The second kappa shape index (κ2) is 6.90. The van der Waals surface area contributed by atoms with Crippen molar-refractivity contribution in [3.63, 3.8) is 0 Å². The van der Waals surface area contributed by atoms with Gasteiger partial charge in [0, 0.05) is 17.7 Å². The topological polar surface area (TPSA) is 156 Å². The van der Waals surface area contributed by atoms with Gasteiger partial charge in [0.25, 0.3) is 0 Å². The molecule has 0 bridgehead atoms. The van der Waals surface area contributed by atoms with Gasteiger partial charge in [-0.3, -0.25) is 9.59 Å². The number of carbonyl (C=O) groups excluding carboxylic acids is 2. The monoisotopic (exact) mass is 365 g/mol. The highest BCUT2D eigenvalue weighted by molar-refractivity contribution is 5.99. The van der Waals surface area contributed by atoms with Crippen LogP contribution < -0.4 is 5.43 Å². The minimum atomic E-state index is -0.718. The summed E-state index contributed by atoms with van der Waals surface area (Å²) in [6.45, 7) is 0. The summed E-state index contributed by atoms with van der Waals surface area (Å²) in [5.74, 6) is -0.730. The van der Waals surface area contributed by atoms with Gasteiger partial charge in [0.1, 0.15) is 39.5 Å². The summed E-state index contributed by atoms with van der Waals surface area (Å²) in [6, 6.07) is 5.99. The van der Waals surface area contributed by atoms with E-state index >= 15 is 0 Å². The molecule has 0 saturated carbocycles. The number of hydrogen-bond acceptors (Lipinski definition) is 10. The van der Waals surface area contributed by atoms with Crippen LogP contribution >= 0.6 is 0 Å². The molecule has 0 aliphatic carbocycles. The van der Waals surface area contributed by atoms with Crippen molar-refractivity contribution in [2.45, 2.75) is 0 Å². The predicted molar refractivity (Wildman–Crippen MR) is 93.7 cm³/mol. The van der Waals surface area contributed by atoms with Gasteiger partial charge in [-0.25, -0.2) is 4.79 Å². The minimum Gasteiger partial charge on any atom is -0.506 e. The fourth-order valence-electron chi connectivity index (χ4n) is 2.53. The molecule has 0 spiro atoms. The maximum atomic E-state index is 12.4. The molecule has 0 radical (unpaired) electrons. The summed E-state index contributed by atoms with van der Waals surface area (Å²) >= 11 is 0. The van der Waals surface area contributed by atoms with Crippen LogP contribution in [0.1, 0.15) is 10.4 Å². The number of phenolic OH excluding ortho intramolecular Hbond substituents is 1. The van der Waals surface area contributed by atoms with Crippen LogP contribution in [0.5, 0.6) is 5.75 Å². The number of nitroso groups, excluding NO2 is 2. The van der Waals surface area contributed by atoms with E-state index in [1.807, 2.05) is 0 Å². The van der Waals surface area contributed by atoms with Crippen molar-refractivity contribution < 1.29 is 19.1 Å². The first kappa shape index (κ1) is 17.5. The lowest BCUT2D eigenvalue weighted by Crippen LogP contribution is -2.02. The molecular weight excluding hydrogens is 358 g/mol. The molecule has 0 saturated heterocycles. The van der Waals surface area contributed by atoms with Gasteiger partial charge < -0.3 is 9.52 Å². The summed E-state index contributed by atoms with van der Waals surface area (Å²) in [5, 5.41) is 15.1. The zero-order valence-corrected chi connectivity index (χ0v) is 13.2. The van der Waals surface area contributed by atoms with Crippen LogP contribution in [0.3, 0.4) is 0 Å².